The van der Waals surface area contributed by atoms with Crippen molar-refractivity contribution in [2.24, 2.45) is 5.92 Å². The fraction of sp³-hybridized carbons (Fsp3) is 0.417. The fourth-order valence-corrected chi connectivity index (χ4v) is 3.67. The fourth-order valence-electron chi connectivity index (χ4n) is 3.67. The standard InChI is InChI=1S/C24H32N4O2/c1-18(2)23(20-7-5-4-6-8-20)26-24(30)28-15-13-27(14-16-28)17-22(29)25-21-11-9-19(3)10-12-21/h4-12,18,23H,13-17H2,1-3H3,(H,25,29)(H,26,30)/t23-/m0/s1. The molecule has 2 aromatic carbocycles. The van der Waals surface area contributed by atoms with Gasteiger partial charge in [0.1, 0.15) is 0 Å². The summed E-state index contributed by atoms with van der Waals surface area (Å²) in [4.78, 5) is 29.0. The first kappa shape index (κ1) is 21.8. The normalized spacial score (nSPS) is 15.7. The Balaban J connectivity index is 1.46. The van der Waals surface area contributed by atoms with Crippen LogP contribution in [0.25, 0.3) is 0 Å². The summed E-state index contributed by atoms with van der Waals surface area (Å²) < 4.78 is 0. The number of hydrogen-bond acceptors (Lipinski definition) is 3. The molecule has 3 rings (SSSR count). The van der Waals surface area contributed by atoms with Crippen molar-refractivity contribution in [2.75, 3.05) is 38.0 Å². The first-order chi connectivity index (χ1) is 14.4. The Hall–Kier alpha value is -2.86. The topological polar surface area (TPSA) is 64.7 Å². The van der Waals surface area contributed by atoms with E-state index in [1.54, 1.807) is 0 Å². The Morgan fingerprint density at radius 2 is 1.57 bits per heavy atom. The minimum atomic E-state index is -0.0405. The summed E-state index contributed by atoms with van der Waals surface area (Å²) in [7, 11) is 0. The van der Waals surface area contributed by atoms with Gasteiger partial charge in [-0.2, -0.15) is 0 Å². The molecule has 0 saturated carbocycles. The molecule has 30 heavy (non-hydrogen) atoms. The van der Waals surface area contributed by atoms with E-state index in [0.29, 0.717) is 38.6 Å². The third-order valence-corrected chi connectivity index (χ3v) is 5.47. The van der Waals surface area contributed by atoms with Gasteiger partial charge in [0, 0.05) is 31.9 Å². The van der Waals surface area contributed by atoms with Gasteiger partial charge in [0.2, 0.25) is 5.91 Å². The molecular formula is C24H32N4O2. The number of aryl methyl sites for hydroxylation is 1. The lowest BCUT2D eigenvalue weighted by Crippen LogP contribution is -2.53. The van der Waals surface area contributed by atoms with Gasteiger partial charge < -0.3 is 15.5 Å². The number of piperazine rings is 1. The molecular weight excluding hydrogens is 376 g/mol. The number of hydrogen-bond donors (Lipinski definition) is 2. The van der Waals surface area contributed by atoms with E-state index in [9.17, 15) is 9.59 Å². The van der Waals surface area contributed by atoms with Crippen molar-refractivity contribution >= 4 is 17.6 Å². The molecule has 6 nitrogen and oxygen atoms in total. The van der Waals surface area contributed by atoms with Crippen LogP contribution in [0.15, 0.2) is 54.6 Å². The smallest absolute Gasteiger partial charge is 0.317 e. The molecule has 3 amide bonds. The highest BCUT2D eigenvalue weighted by atomic mass is 16.2. The summed E-state index contributed by atoms with van der Waals surface area (Å²) in [5, 5.41) is 6.12. The first-order valence-corrected chi connectivity index (χ1v) is 10.6. The summed E-state index contributed by atoms with van der Waals surface area (Å²) in [5.74, 6) is 0.267. The molecule has 1 heterocycles. The van der Waals surface area contributed by atoms with Crippen LogP contribution in [0.1, 0.15) is 31.0 Å². The van der Waals surface area contributed by atoms with Gasteiger partial charge in [0.05, 0.1) is 12.6 Å². The minimum Gasteiger partial charge on any atom is -0.331 e. The van der Waals surface area contributed by atoms with Gasteiger partial charge in [-0.25, -0.2) is 4.79 Å². The zero-order chi connectivity index (χ0) is 21.5. The van der Waals surface area contributed by atoms with Crippen molar-refractivity contribution < 1.29 is 9.59 Å². The molecule has 6 heteroatoms. The van der Waals surface area contributed by atoms with E-state index in [2.05, 4.69) is 41.5 Å². The van der Waals surface area contributed by atoms with Crippen LogP contribution < -0.4 is 10.6 Å². The van der Waals surface area contributed by atoms with Gasteiger partial charge in [-0.05, 0) is 30.5 Å². The zero-order valence-electron chi connectivity index (χ0n) is 18.1. The Morgan fingerprint density at radius 3 is 2.17 bits per heavy atom. The lowest BCUT2D eigenvalue weighted by atomic mass is 9.96. The molecule has 2 aromatic rings. The summed E-state index contributed by atoms with van der Waals surface area (Å²) in [6, 6.07) is 17.8. The van der Waals surface area contributed by atoms with E-state index in [1.807, 2.05) is 54.3 Å². The number of nitrogens with one attached hydrogen (secondary N) is 2. The summed E-state index contributed by atoms with van der Waals surface area (Å²) in [6.45, 7) is 9.18. The quantitative estimate of drug-likeness (QED) is 0.767. The van der Waals surface area contributed by atoms with Gasteiger partial charge in [-0.15, -0.1) is 0 Å². The molecule has 0 spiro atoms. The van der Waals surface area contributed by atoms with E-state index < -0.39 is 0 Å². The Kier molecular flexibility index (Phi) is 7.46. The monoisotopic (exact) mass is 408 g/mol. The van der Waals surface area contributed by atoms with Crippen LogP contribution in [0.2, 0.25) is 0 Å². The van der Waals surface area contributed by atoms with Crippen molar-refractivity contribution in [1.82, 2.24) is 15.1 Å². The molecule has 0 unspecified atom stereocenters. The lowest BCUT2D eigenvalue weighted by Gasteiger charge is -2.35. The number of urea groups is 1. The van der Waals surface area contributed by atoms with Crippen LogP contribution in [0.4, 0.5) is 10.5 Å². The number of anilines is 1. The number of carbonyl (C=O) groups excluding carboxylic acids is 2. The third kappa shape index (κ3) is 6.07. The van der Waals surface area contributed by atoms with Crippen LogP contribution in [-0.4, -0.2) is 54.5 Å². The molecule has 1 fully saturated rings. The predicted molar refractivity (Wildman–Crippen MR) is 120 cm³/mol. The zero-order valence-corrected chi connectivity index (χ0v) is 18.1. The molecule has 1 aliphatic heterocycles. The van der Waals surface area contributed by atoms with Gasteiger partial charge in [0.25, 0.3) is 0 Å². The molecule has 0 aromatic heterocycles. The highest BCUT2D eigenvalue weighted by Gasteiger charge is 2.25. The average Bonchev–Trinajstić information content (AvgIpc) is 2.74. The van der Waals surface area contributed by atoms with Crippen LogP contribution in [0.5, 0.6) is 0 Å². The second-order valence-corrected chi connectivity index (χ2v) is 8.26. The predicted octanol–water partition coefficient (Wildman–Crippen LogP) is 3.66. The van der Waals surface area contributed by atoms with Crippen molar-refractivity contribution in [3.63, 3.8) is 0 Å². The maximum atomic E-state index is 12.8. The SMILES string of the molecule is Cc1ccc(NC(=O)CN2CCN(C(=O)N[C@H](c3ccccc3)C(C)C)CC2)cc1. The second kappa shape index (κ2) is 10.3. The lowest BCUT2D eigenvalue weighted by molar-refractivity contribution is -0.117. The Morgan fingerprint density at radius 1 is 0.933 bits per heavy atom. The number of amides is 3. The second-order valence-electron chi connectivity index (χ2n) is 8.26. The van der Waals surface area contributed by atoms with Crippen LogP contribution in [-0.2, 0) is 4.79 Å². The van der Waals surface area contributed by atoms with Gasteiger partial charge in [-0.1, -0.05) is 61.9 Å². The minimum absolute atomic E-state index is 0.0167. The molecule has 0 bridgehead atoms. The Labute approximate surface area is 179 Å². The first-order valence-electron chi connectivity index (χ1n) is 10.6. The molecule has 2 N–H and O–H groups in total. The number of benzene rings is 2. The molecule has 1 aliphatic rings. The largest absolute Gasteiger partial charge is 0.331 e. The van der Waals surface area contributed by atoms with E-state index in [1.165, 1.54) is 0 Å². The maximum Gasteiger partial charge on any atom is 0.317 e. The summed E-state index contributed by atoms with van der Waals surface area (Å²) in [5.41, 5.74) is 3.09. The molecule has 0 aliphatic carbocycles. The van der Waals surface area contributed by atoms with Crippen LogP contribution in [0, 0.1) is 12.8 Å². The van der Waals surface area contributed by atoms with E-state index in [0.717, 1.165) is 16.8 Å². The molecule has 160 valence electrons. The third-order valence-electron chi connectivity index (χ3n) is 5.47. The maximum absolute atomic E-state index is 12.8. The van der Waals surface area contributed by atoms with Crippen molar-refractivity contribution in [3.8, 4) is 0 Å². The van der Waals surface area contributed by atoms with Gasteiger partial charge in [0.15, 0.2) is 0 Å². The van der Waals surface area contributed by atoms with Crippen molar-refractivity contribution in [1.29, 1.82) is 0 Å². The van der Waals surface area contributed by atoms with Crippen LogP contribution in [0.3, 0.4) is 0 Å². The van der Waals surface area contributed by atoms with Crippen LogP contribution >= 0.6 is 0 Å². The number of rotatable bonds is 6. The number of nitrogens with zero attached hydrogens (tertiary/aromatic N) is 2. The van der Waals surface area contributed by atoms with E-state index in [4.69, 9.17) is 0 Å². The van der Waals surface area contributed by atoms with Gasteiger partial charge in [-0.3, -0.25) is 9.69 Å². The average molecular weight is 409 g/mol. The molecule has 1 saturated heterocycles. The van der Waals surface area contributed by atoms with E-state index in [-0.39, 0.29) is 18.0 Å². The molecule has 0 radical (unpaired) electrons. The summed E-state index contributed by atoms with van der Waals surface area (Å²) in [6.07, 6.45) is 0. The Bertz CT molecular complexity index is 828. The molecule has 1 atom stereocenters. The van der Waals surface area contributed by atoms with Crippen molar-refractivity contribution in [2.45, 2.75) is 26.8 Å². The summed E-state index contributed by atoms with van der Waals surface area (Å²) >= 11 is 0. The van der Waals surface area contributed by atoms with Gasteiger partial charge >= 0.3 is 6.03 Å². The van der Waals surface area contributed by atoms with Crippen molar-refractivity contribution in [3.05, 3.63) is 65.7 Å². The highest BCUT2D eigenvalue weighted by Crippen LogP contribution is 2.21. The highest BCUT2D eigenvalue weighted by molar-refractivity contribution is 5.92. The van der Waals surface area contributed by atoms with E-state index >= 15 is 0 Å². The number of carbonyl (C=O) groups is 2.